The van der Waals surface area contributed by atoms with Crippen molar-refractivity contribution < 1.29 is 23.9 Å². The molecule has 11 heteroatoms. The third-order valence-electron chi connectivity index (χ3n) is 5.23. The first-order valence-electron chi connectivity index (χ1n) is 10.7. The maximum Gasteiger partial charge on any atom is 0.408 e. The molecule has 0 fully saturated rings. The predicted molar refractivity (Wildman–Crippen MR) is 120 cm³/mol. The van der Waals surface area contributed by atoms with Gasteiger partial charge in [-0.15, -0.1) is 5.10 Å². The molecule has 0 bridgehead atoms. The van der Waals surface area contributed by atoms with E-state index in [2.05, 4.69) is 25.5 Å². The van der Waals surface area contributed by atoms with Gasteiger partial charge in [-0.05, 0) is 35.9 Å². The quantitative estimate of drug-likeness (QED) is 0.535. The number of benzene rings is 1. The summed E-state index contributed by atoms with van der Waals surface area (Å²) in [5, 5.41) is 11.8. The number of carbonyl (C=O) groups is 4. The summed E-state index contributed by atoms with van der Waals surface area (Å²) in [6.45, 7) is 3.84. The van der Waals surface area contributed by atoms with Crippen LogP contribution in [-0.4, -0.2) is 51.9 Å². The summed E-state index contributed by atoms with van der Waals surface area (Å²) < 4.78 is 9.15. The lowest BCUT2D eigenvalue weighted by Gasteiger charge is -2.25. The normalized spacial score (nSPS) is 17.5. The van der Waals surface area contributed by atoms with Gasteiger partial charge in [-0.3, -0.25) is 14.4 Å². The molecule has 0 saturated carbocycles. The van der Waals surface area contributed by atoms with Gasteiger partial charge >= 0.3 is 6.09 Å². The summed E-state index contributed by atoms with van der Waals surface area (Å²) in [5.74, 6) is -2.33. The number of rotatable bonds is 6. The van der Waals surface area contributed by atoms with Gasteiger partial charge in [0.05, 0.1) is 11.7 Å². The second-order valence-electron chi connectivity index (χ2n) is 8.04. The molecule has 2 atom stereocenters. The molecule has 0 radical (unpaired) electrons. The number of alkyl carbamates (subject to hydrolysis) is 1. The zero-order valence-corrected chi connectivity index (χ0v) is 19.3. The van der Waals surface area contributed by atoms with Gasteiger partial charge in [0.25, 0.3) is 5.91 Å². The van der Waals surface area contributed by atoms with Crippen LogP contribution in [0, 0.1) is 5.92 Å². The number of fused-ring (bicyclic) bond motifs is 1. The van der Waals surface area contributed by atoms with Crippen molar-refractivity contribution in [2.24, 2.45) is 5.92 Å². The predicted octanol–water partition coefficient (Wildman–Crippen LogP) is 1.15. The lowest BCUT2D eigenvalue weighted by molar-refractivity contribution is -0.140. The lowest BCUT2D eigenvalue weighted by Crippen LogP contribution is -2.55. The number of amides is 3. The Balaban J connectivity index is 1.64. The zero-order valence-electron chi connectivity index (χ0n) is 18.5. The summed E-state index contributed by atoms with van der Waals surface area (Å²) in [6.07, 6.45) is 0.420. The SMILES string of the molecule is CC(C)C(NC(=O)OCc1ccccc1)C(=O)NC1CCc2snnc2CCNC(=O)C1=O. The first-order valence-corrected chi connectivity index (χ1v) is 11.5. The number of Topliss-reactive ketones (excluding diaryl/α,β-unsaturated/α-hetero) is 1. The van der Waals surface area contributed by atoms with Crippen LogP contribution in [0.2, 0.25) is 0 Å². The molecule has 2 aromatic rings. The minimum absolute atomic E-state index is 0.0611. The molecule has 0 spiro atoms. The Kier molecular flexibility index (Phi) is 8.47. The molecule has 1 aliphatic heterocycles. The first-order chi connectivity index (χ1) is 15.8. The fourth-order valence-electron chi connectivity index (χ4n) is 3.38. The van der Waals surface area contributed by atoms with E-state index in [1.165, 1.54) is 11.5 Å². The largest absolute Gasteiger partial charge is 0.445 e. The molecule has 0 aliphatic carbocycles. The number of carbonyl (C=O) groups excluding carboxylic acids is 4. The summed E-state index contributed by atoms with van der Waals surface area (Å²) >= 11 is 1.24. The van der Waals surface area contributed by atoms with E-state index < -0.39 is 35.8 Å². The van der Waals surface area contributed by atoms with Crippen LogP contribution in [0.25, 0.3) is 0 Å². The molecular weight excluding hydrogens is 446 g/mol. The van der Waals surface area contributed by atoms with Crippen molar-refractivity contribution in [3.63, 3.8) is 0 Å². The minimum atomic E-state index is -1.03. The standard InChI is InChI=1S/C22H27N5O5S/c1-13(2)18(25-22(31)32-12-14-6-4-3-5-7-14)20(29)24-16-8-9-17-15(26-27-33-17)10-11-23-21(30)19(16)28/h3-7,13,16,18H,8-12H2,1-2H3,(H,23,30)(H,24,29)(H,25,31). The monoisotopic (exact) mass is 473 g/mol. The molecule has 3 N–H and O–H groups in total. The topological polar surface area (TPSA) is 139 Å². The van der Waals surface area contributed by atoms with Crippen LogP contribution in [-0.2, 0) is 38.6 Å². The molecule has 2 unspecified atom stereocenters. The maximum atomic E-state index is 13.0. The van der Waals surface area contributed by atoms with Gasteiger partial charge < -0.3 is 20.7 Å². The molecule has 3 rings (SSSR count). The third kappa shape index (κ3) is 6.82. The highest BCUT2D eigenvalue weighted by Gasteiger charge is 2.32. The lowest BCUT2D eigenvalue weighted by atomic mass is 10.00. The third-order valence-corrected chi connectivity index (χ3v) is 6.06. The average molecular weight is 474 g/mol. The molecule has 1 aromatic carbocycles. The van der Waals surface area contributed by atoms with Gasteiger partial charge in [-0.1, -0.05) is 48.7 Å². The van der Waals surface area contributed by atoms with Crippen LogP contribution in [0.3, 0.4) is 0 Å². The van der Waals surface area contributed by atoms with Crippen molar-refractivity contribution in [3.8, 4) is 0 Å². The van der Waals surface area contributed by atoms with Crippen LogP contribution >= 0.6 is 11.5 Å². The molecule has 3 amide bonds. The highest BCUT2D eigenvalue weighted by molar-refractivity contribution is 7.05. The number of aromatic nitrogens is 2. The van der Waals surface area contributed by atoms with E-state index in [1.54, 1.807) is 13.8 Å². The molecule has 176 valence electrons. The average Bonchev–Trinajstić information content (AvgIpc) is 3.25. The smallest absolute Gasteiger partial charge is 0.408 e. The molecule has 2 heterocycles. The summed E-state index contributed by atoms with van der Waals surface area (Å²) in [6, 6.07) is 7.18. The Morgan fingerprint density at radius 1 is 1.21 bits per heavy atom. The van der Waals surface area contributed by atoms with Gasteiger partial charge in [0.1, 0.15) is 12.6 Å². The molecule has 1 aromatic heterocycles. The van der Waals surface area contributed by atoms with Crippen LogP contribution in [0.4, 0.5) is 4.79 Å². The second kappa shape index (κ2) is 11.5. The van der Waals surface area contributed by atoms with Crippen LogP contribution in [0.15, 0.2) is 30.3 Å². The van der Waals surface area contributed by atoms with Crippen molar-refractivity contribution >= 4 is 35.2 Å². The minimum Gasteiger partial charge on any atom is -0.445 e. The Morgan fingerprint density at radius 2 is 1.97 bits per heavy atom. The summed E-state index contributed by atoms with van der Waals surface area (Å²) in [7, 11) is 0. The maximum absolute atomic E-state index is 13.0. The summed E-state index contributed by atoms with van der Waals surface area (Å²) in [5.41, 5.74) is 1.59. The van der Waals surface area contributed by atoms with E-state index in [0.29, 0.717) is 12.8 Å². The fraction of sp³-hybridized carbons (Fsp3) is 0.455. The zero-order chi connectivity index (χ0) is 23.8. The Labute approximate surface area is 195 Å². The molecule has 0 saturated heterocycles. The molecular formula is C22H27N5O5S. The van der Waals surface area contributed by atoms with Crippen LogP contribution < -0.4 is 16.0 Å². The van der Waals surface area contributed by atoms with Crippen molar-refractivity contribution in [1.82, 2.24) is 25.5 Å². The van der Waals surface area contributed by atoms with Gasteiger partial charge in [0.2, 0.25) is 11.7 Å². The number of nitrogens with zero attached hydrogens (tertiary/aromatic N) is 2. The number of hydrogen-bond donors (Lipinski definition) is 3. The highest BCUT2D eigenvalue weighted by atomic mass is 32.1. The van der Waals surface area contributed by atoms with Gasteiger partial charge in [-0.25, -0.2) is 4.79 Å². The van der Waals surface area contributed by atoms with E-state index in [9.17, 15) is 19.2 Å². The number of ether oxygens (including phenoxy) is 1. The Bertz CT molecular complexity index is 994. The van der Waals surface area contributed by atoms with E-state index >= 15 is 0 Å². The molecule has 10 nitrogen and oxygen atoms in total. The number of nitrogens with one attached hydrogen (secondary N) is 3. The van der Waals surface area contributed by atoms with E-state index in [-0.39, 0.29) is 25.5 Å². The van der Waals surface area contributed by atoms with Crippen LogP contribution in [0.1, 0.15) is 36.4 Å². The van der Waals surface area contributed by atoms with E-state index in [4.69, 9.17) is 4.74 Å². The van der Waals surface area contributed by atoms with Gasteiger partial charge in [0, 0.05) is 17.8 Å². The highest BCUT2D eigenvalue weighted by Crippen LogP contribution is 2.16. The van der Waals surface area contributed by atoms with E-state index in [0.717, 1.165) is 16.1 Å². The van der Waals surface area contributed by atoms with Gasteiger partial charge in [-0.2, -0.15) is 0 Å². The summed E-state index contributed by atoms with van der Waals surface area (Å²) in [4.78, 5) is 51.1. The van der Waals surface area contributed by atoms with Crippen LogP contribution in [0.5, 0.6) is 0 Å². The van der Waals surface area contributed by atoms with E-state index in [1.807, 2.05) is 30.3 Å². The van der Waals surface area contributed by atoms with Gasteiger partial charge in [0.15, 0.2) is 0 Å². The number of aryl methyl sites for hydroxylation is 1. The van der Waals surface area contributed by atoms with Crippen molar-refractivity contribution in [2.75, 3.05) is 6.54 Å². The fourth-order valence-corrected chi connectivity index (χ4v) is 4.07. The van der Waals surface area contributed by atoms with Crippen molar-refractivity contribution in [1.29, 1.82) is 0 Å². The molecule has 1 aliphatic rings. The Hall–Kier alpha value is -3.34. The first kappa shape index (κ1) is 24.3. The number of hydrogen-bond acceptors (Lipinski definition) is 8. The second-order valence-corrected chi connectivity index (χ2v) is 8.88. The van der Waals surface area contributed by atoms with Crippen molar-refractivity contribution in [3.05, 3.63) is 46.5 Å². The van der Waals surface area contributed by atoms with Crippen molar-refractivity contribution in [2.45, 2.75) is 51.8 Å². The Morgan fingerprint density at radius 3 is 2.70 bits per heavy atom. The molecule has 33 heavy (non-hydrogen) atoms. The number of ketones is 1.